The number of alkyl halides is 3. The van der Waals surface area contributed by atoms with Crippen LogP contribution in [0.2, 0.25) is 0 Å². The van der Waals surface area contributed by atoms with Crippen LogP contribution in [0.4, 0.5) is 19.0 Å². The van der Waals surface area contributed by atoms with Crippen LogP contribution in [0.5, 0.6) is 0 Å². The molecule has 9 heteroatoms. The number of aromatic nitrogens is 1. The van der Waals surface area contributed by atoms with E-state index < -0.39 is 23.3 Å². The van der Waals surface area contributed by atoms with Crippen molar-refractivity contribution >= 4 is 22.7 Å². The van der Waals surface area contributed by atoms with E-state index in [9.17, 15) is 22.8 Å². The molecule has 1 saturated heterocycles. The Morgan fingerprint density at radius 1 is 1.21 bits per heavy atom. The van der Waals surface area contributed by atoms with Gasteiger partial charge >= 0.3 is 11.8 Å². The summed E-state index contributed by atoms with van der Waals surface area (Å²) in [4.78, 5) is 30.3. The Bertz CT molecular complexity index is 1110. The third kappa shape index (κ3) is 3.94. The second-order valence-electron chi connectivity index (χ2n) is 6.79. The van der Waals surface area contributed by atoms with Crippen molar-refractivity contribution in [1.29, 1.82) is 0 Å². The smallest absolute Gasteiger partial charge is 0.417 e. The topological polar surface area (TPSA) is 75.4 Å². The number of nitrogens with zero attached hydrogens (tertiary/aromatic N) is 2. The van der Waals surface area contributed by atoms with Crippen LogP contribution in [0.3, 0.4) is 0 Å². The van der Waals surface area contributed by atoms with Gasteiger partial charge in [-0.15, -0.1) is 0 Å². The van der Waals surface area contributed by atoms with Gasteiger partial charge in [-0.1, -0.05) is 18.2 Å². The zero-order chi connectivity index (χ0) is 20.6. The normalized spacial score (nSPS) is 16.9. The Labute approximate surface area is 163 Å². The highest BCUT2D eigenvalue weighted by Crippen LogP contribution is 2.30. The first kappa shape index (κ1) is 19.0. The van der Waals surface area contributed by atoms with Gasteiger partial charge in [0.1, 0.15) is 17.0 Å². The fourth-order valence-corrected chi connectivity index (χ4v) is 3.31. The van der Waals surface area contributed by atoms with Crippen molar-refractivity contribution in [2.24, 2.45) is 0 Å². The number of fused-ring (bicyclic) bond motifs is 1. The van der Waals surface area contributed by atoms with Gasteiger partial charge in [0, 0.05) is 30.7 Å². The van der Waals surface area contributed by atoms with E-state index in [-0.39, 0.29) is 11.6 Å². The minimum absolute atomic E-state index is 0.0881. The van der Waals surface area contributed by atoms with Gasteiger partial charge in [0.25, 0.3) is 5.91 Å². The van der Waals surface area contributed by atoms with Gasteiger partial charge < -0.3 is 14.6 Å². The van der Waals surface area contributed by atoms with Crippen LogP contribution in [-0.4, -0.2) is 30.0 Å². The molecule has 29 heavy (non-hydrogen) atoms. The average Bonchev–Trinajstić information content (AvgIpc) is 3.15. The Balaban J connectivity index is 1.44. The molecule has 150 valence electrons. The number of carbonyl (C=O) groups excluding carboxylic acids is 1. The molecule has 1 fully saturated rings. The molecular formula is C20H16F3N3O3. The molecule has 6 nitrogen and oxygen atoms in total. The molecule has 1 atom stereocenters. The third-order valence-electron chi connectivity index (χ3n) is 4.81. The van der Waals surface area contributed by atoms with E-state index in [4.69, 9.17) is 4.42 Å². The monoisotopic (exact) mass is 403 g/mol. The fraction of sp³-hybridized carbons (Fsp3) is 0.250. The van der Waals surface area contributed by atoms with Gasteiger partial charge in [-0.2, -0.15) is 13.2 Å². The quantitative estimate of drug-likeness (QED) is 0.680. The number of carbonyl (C=O) groups is 1. The maximum Gasteiger partial charge on any atom is 0.417 e. The van der Waals surface area contributed by atoms with Crippen LogP contribution in [-0.2, 0) is 6.18 Å². The molecule has 0 spiro atoms. The summed E-state index contributed by atoms with van der Waals surface area (Å²) in [6.45, 7) is 0.901. The van der Waals surface area contributed by atoms with Crippen molar-refractivity contribution in [1.82, 2.24) is 10.3 Å². The molecule has 1 N–H and O–H groups in total. The summed E-state index contributed by atoms with van der Waals surface area (Å²) in [6, 6.07) is 10.4. The summed E-state index contributed by atoms with van der Waals surface area (Å²) in [6.07, 6.45) is -3.07. The van der Waals surface area contributed by atoms with Crippen LogP contribution in [0.15, 0.2) is 57.9 Å². The summed E-state index contributed by atoms with van der Waals surface area (Å²) in [5.74, 6) is -0.142. The van der Waals surface area contributed by atoms with Crippen molar-refractivity contribution in [3.05, 3.63) is 70.2 Å². The largest absolute Gasteiger partial charge is 0.422 e. The number of nitrogens with one attached hydrogen (secondary N) is 1. The number of anilines is 1. The SMILES string of the molecule is O=C(NC1CCN(c2ccc(C(F)(F)F)cn2)C1)c1cc2ccccc2oc1=O. The molecular weight excluding hydrogens is 387 g/mol. The summed E-state index contributed by atoms with van der Waals surface area (Å²) in [5.41, 5.74) is -1.22. The van der Waals surface area contributed by atoms with Crippen molar-refractivity contribution in [3.8, 4) is 0 Å². The molecule has 1 aliphatic heterocycles. The second-order valence-corrected chi connectivity index (χ2v) is 6.79. The summed E-state index contributed by atoms with van der Waals surface area (Å²) in [5, 5.41) is 3.43. The van der Waals surface area contributed by atoms with Crippen LogP contribution in [0, 0.1) is 0 Å². The highest BCUT2D eigenvalue weighted by Gasteiger charge is 2.31. The first-order chi connectivity index (χ1) is 13.8. The zero-order valence-electron chi connectivity index (χ0n) is 15.1. The van der Waals surface area contributed by atoms with Gasteiger partial charge in [-0.3, -0.25) is 4.79 Å². The van der Waals surface area contributed by atoms with Gasteiger partial charge in [-0.25, -0.2) is 9.78 Å². The van der Waals surface area contributed by atoms with E-state index in [0.717, 1.165) is 12.3 Å². The first-order valence-electron chi connectivity index (χ1n) is 8.93. The van der Waals surface area contributed by atoms with E-state index in [2.05, 4.69) is 10.3 Å². The molecule has 3 aromatic rings. The van der Waals surface area contributed by atoms with Crippen LogP contribution in [0.25, 0.3) is 11.0 Å². The molecule has 0 bridgehead atoms. The molecule has 3 heterocycles. The molecule has 4 rings (SSSR count). The summed E-state index contributed by atoms with van der Waals surface area (Å²) < 4.78 is 43.2. The highest BCUT2D eigenvalue weighted by molar-refractivity contribution is 5.96. The molecule has 1 amide bonds. The minimum atomic E-state index is -4.44. The molecule has 1 aliphatic rings. The predicted molar refractivity (Wildman–Crippen MR) is 99.8 cm³/mol. The second kappa shape index (κ2) is 7.23. The molecule has 0 radical (unpaired) electrons. The van der Waals surface area contributed by atoms with Crippen LogP contribution < -0.4 is 15.8 Å². The van der Waals surface area contributed by atoms with E-state index in [0.29, 0.717) is 36.3 Å². The van der Waals surface area contributed by atoms with Gasteiger partial charge in [0.05, 0.1) is 5.56 Å². The number of rotatable bonds is 3. The highest BCUT2D eigenvalue weighted by atomic mass is 19.4. The lowest BCUT2D eigenvalue weighted by atomic mass is 10.1. The van der Waals surface area contributed by atoms with Gasteiger partial charge in [-0.05, 0) is 30.7 Å². The summed E-state index contributed by atoms with van der Waals surface area (Å²) >= 11 is 0. The Morgan fingerprint density at radius 2 is 2.00 bits per heavy atom. The predicted octanol–water partition coefficient (Wildman–Crippen LogP) is 3.22. The summed E-state index contributed by atoms with van der Waals surface area (Å²) in [7, 11) is 0. The molecule has 0 saturated carbocycles. The number of hydrogen-bond acceptors (Lipinski definition) is 5. The molecule has 2 aromatic heterocycles. The number of pyridine rings is 1. The molecule has 1 unspecified atom stereocenters. The van der Waals surface area contributed by atoms with Crippen LogP contribution in [0.1, 0.15) is 22.3 Å². The number of hydrogen-bond donors (Lipinski definition) is 1. The number of halogens is 3. The minimum Gasteiger partial charge on any atom is -0.422 e. The molecule has 0 aliphatic carbocycles. The standard InChI is InChI=1S/C20H16F3N3O3/c21-20(22,23)13-5-6-17(24-10-13)26-8-7-14(11-26)25-18(27)15-9-12-3-1-2-4-16(12)29-19(15)28/h1-6,9-10,14H,7-8,11H2,(H,25,27). The van der Waals surface area contributed by atoms with E-state index >= 15 is 0 Å². The van der Waals surface area contributed by atoms with E-state index in [1.165, 1.54) is 12.1 Å². The first-order valence-corrected chi connectivity index (χ1v) is 8.93. The third-order valence-corrected chi connectivity index (χ3v) is 4.81. The van der Waals surface area contributed by atoms with Crippen molar-refractivity contribution in [3.63, 3.8) is 0 Å². The van der Waals surface area contributed by atoms with Gasteiger partial charge in [0.15, 0.2) is 0 Å². The van der Waals surface area contributed by atoms with Crippen molar-refractivity contribution in [2.45, 2.75) is 18.6 Å². The maximum absolute atomic E-state index is 12.7. The van der Waals surface area contributed by atoms with E-state index in [1.54, 1.807) is 29.2 Å². The van der Waals surface area contributed by atoms with Gasteiger partial charge in [0.2, 0.25) is 0 Å². The number of para-hydroxylation sites is 1. The lowest BCUT2D eigenvalue weighted by molar-refractivity contribution is -0.137. The average molecular weight is 403 g/mol. The Kier molecular flexibility index (Phi) is 4.73. The van der Waals surface area contributed by atoms with Crippen LogP contribution >= 0.6 is 0 Å². The number of amides is 1. The van der Waals surface area contributed by atoms with Crippen molar-refractivity contribution in [2.75, 3.05) is 18.0 Å². The van der Waals surface area contributed by atoms with E-state index in [1.807, 2.05) is 0 Å². The Morgan fingerprint density at radius 3 is 2.72 bits per heavy atom. The zero-order valence-corrected chi connectivity index (χ0v) is 15.1. The maximum atomic E-state index is 12.7. The lowest BCUT2D eigenvalue weighted by Gasteiger charge is -2.18. The van der Waals surface area contributed by atoms with Crippen molar-refractivity contribution < 1.29 is 22.4 Å². The Hall–Kier alpha value is -3.36. The number of benzene rings is 1. The lowest BCUT2D eigenvalue weighted by Crippen LogP contribution is -2.39. The fourth-order valence-electron chi connectivity index (χ4n) is 3.31. The molecule has 1 aromatic carbocycles.